The first kappa shape index (κ1) is 44.2. The maximum atomic E-state index is 7.39. The lowest BCUT2D eigenvalue weighted by Gasteiger charge is -2.27. The minimum Gasteiger partial charge on any atom is -0.344 e. The molecule has 0 unspecified atom stereocenters. The Kier molecular flexibility index (Phi) is 15.0. The number of unbranched alkanes of at least 4 members (excludes halogenated alkanes) is 14. The molecular formula is C57H74ClN2+. The van der Waals surface area contributed by atoms with Gasteiger partial charge in [-0.3, -0.25) is 0 Å². The molecule has 0 saturated carbocycles. The summed E-state index contributed by atoms with van der Waals surface area (Å²) in [6.45, 7) is 16.4. The van der Waals surface area contributed by atoms with Crippen LogP contribution in [0.25, 0.3) is 21.5 Å². The molecule has 4 aromatic carbocycles. The van der Waals surface area contributed by atoms with E-state index in [9.17, 15) is 0 Å². The highest BCUT2D eigenvalue weighted by Gasteiger charge is 2.45. The van der Waals surface area contributed by atoms with E-state index in [-0.39, 0.29) is 10.8 Å². The van der Waals surface area contributed by atoms with Crippen LogP contribution in [0.2, 0.25) is 0 Å². The fraction of sp³-hybridized carbons (Fsp3) is 0.491. The van der Waals surface area contributed by atoms with E-state index in [0.717, 1.165) is 31.0 Å². The Morgan fingerprint density at radius 1 is 0.583 bits per heavy atom. The van der Waals surface area contributed by atoms with E-state index in [1.165, 1.54) is 169 Å². The van der Waals surface area contributed by atoms with Gasteiger partial charge in [-0.1, -0.05) is 190 Å². The lowest BCUT2D eigenvalue weighted by Crippen LogP contribution is -2.28. The number of hydrogen-bond donors (Lipinski definition) is 0. The van der Waals surface area contributed by atoms with Crippen LogP contribution in [0.4, 0.5) is 11.4 Å². The van der Waals surface area contributed by atoms with Crippen LogP contribution in [0.1, 0.15) is 168 Å². The van der Waals surface area contributed by atoms with Crippen LogP contribution in [-0.4, -0.2) is 23.4 Å². The minimum absolute atomic E-state index is 0.118. The van der Waals surface area contributed by atoms with Crippen molar-refractivity contribution in [1.82, 2.24) is 0 Å². The number of benzene rings is 4. The van der Waals surface area contributed by atoms with E-state index in [2.05, 4.69) is 148 Å². The Hall–Kier alpha value is -3.88. The summed E-state index contributed by atoms with van der Waals surface area (Å²) in [5.74, 6) is 0. The summed E-state index contributed by atoms with van der Waals surface area (Å²) < 4.78 is 2.64. The van der Waals surface area contributed by atoms with Gasteiger partial charge in [0.15, 0.2) is 5.71 Å². The lowest BCUT2D eigenvalue weighted by molar-refractivity contribution is -0.438. The van der Waals surface area contributed by atoms with E-state index in [1.54, 1.807) is 0 Å². The normalized spacial score (nSPS) is 18.4. The summed E-state index contributed by atoms with van der Waals surface area (Å²) in [5.41, 5.74) is 10.7. The summed E-state index contributed by atoms with van der Waals surface area (Å²) in [5, 5.41) is 6.34. The van der Waals surface area contributed by atoms with Crippen molar-refractivity contribution in [2.75, 3.05) is 18.0 Å². The van der Waals surface area contributed by atoms with Crippen molar-refractivity contribution in [2.45, 2.75) is 168 Å². The number of anilines is 1. The first-order valence-electron chi connectivity index (χ1n) is 24.1. The zero-order valence-electron chi connectivity index (χ0n) is 38.2. The van der Waals surface area contributed by atoms with Gasteiger partial charge in [0.2, 0.25) is 5.69 Å². The zero-order valence-corrected chi connectivity index (χ0v) is 38.9. The highest BCUT2D eigenvalue weighted by atomic mass is 35.5. The van der Waals surface area contributed by atoms with Crippen LogP contribution in [-0.2, 0) is 10.8 Å². The largest absolute Gasteiger partial charge is 0.344 e. The van der Waals surface area contributed by atoms with Crippen molar-refractivity contribution in [3.63, 3.8) is 0 Å². The SMILES string of the molecule is CCCCCCCCCCN1/C(=C/C=C2\CCC(/C=C/C3=[N+](CCCCCCCCCC)c4ccc5ccccc5c4C3(C)C)=C2Cl)C(C)(C)c2c1ccc1ccccc21. The molecule has 0 atom stereocenters. The predicted molar refractivity (Wildman–Crippen MR) is 264 cm³/mol. The molecule has 0 bridgehead atoms. The number of rotatable bonds is 21. The van der Waals surface area contributed by atoms with Gasteiger partial charge < -0.3 is 4.90 Å². The molecule has 1 aliphatic carbocycles. The van der Waals surface area contributed by atoms with Gasteiger partial charge in [0.1, 0.15) is 6.54 Å². The van der Waals surface area contributed by atoms with Gasteiger partial charge in [-0.2, -0.15) is 4.58 Å². The second-order valence-electron chi connectivity index (χ2n) is 19.2. The van der Waals surface area contributed by atoms with Gasteiger partial charge in [-0.15, -0.1) is 0 Å². The quantitative estimate of drug-likeness (QED) is 0.0599. The van der Waals surface area contributed by atoms with Gasteiger partial charge >= 0.3 is 0 Å². The Morgan fingerprint density at radius 3 is 1.80 bits per heavy atom. The molecule has 0 amide bonds. The van der Waals surface area contributed by atoms with Crippen LogP contribution >= 0.6 is 11.6 Å². The average molecular weight is 823 g/mol. The Balaban J connectivity index is 1.14. The van der Waals surface area contributed by atoms with Crippen LogP contribution < -0.4 is 4.90 Å². The summed E-state index contributed by atoms with van der Waals surface area (Å²) in [6, 6.07) is 27.3. The van der Waals surface area contributed by atoms with Crippen molar-refractivity contribution in [2.24, 2.45) is 0 Å². The summed E-state index contributed by atoms with van der Waals surface area (Å²) >= 11 is 7.39. The van der Waals surface area contributed by atoms with Gasteiger partial charge in [0, 0.05) is 52.5 Å². The number of fused-ring (bicyclic) bond motifs is 6. The zero-order chi connectivity index (χ0) is 42.1. The first-order valence-corrected chi connectivity index (χ1v) is 24.5. The lowest BCUT2D eigenvalue weighted by atomic mass is 9.79. The van der Waals surface area contributed by atoms with Gasteiger partial charge in [0.05, 0.1) is 5.41 Å². The van der Waals surface area contributed by atoms with Gasteiger partial charge in [-0.25, -0.2) is 0 Å². The number of nitrogens with zero attached hydrogens (tertiary/aromatic N) is 2. The Morgan fingerprint density at radius 2 is 1.15 bits per heavy atom. The molecule has 0 spiro atoms. The molecule has 7 rings (SSSR count). The van der Waals surface area contributed by atoms with Crippen molar-refractivity contribution in [3.8, 4) is 0 Å². The second-order valence-corrected chi connectivity index (χ2v) is 19.5. The number of halogens is 1. The molecule has 0 aromatic heterocycles. The van der Waals surface area contributed by atoms with Crippen LogP contribution in [0.15, 0.2) is 119 Å². The van der Waals surface area contributed by atoms with Gasteiger partial charge in [-0.05, 0) is 96.0 Å². The topological polar surface area (TPSA) is 6.25 Å². The molecule has 0 fully saturated rings. The fourth-order valence-electron chi connectivity index (χ4n) is 10.7. The monoisotopic (exact) mass is 822 g/mol. The maximum absolute atomic E-state index is 7.39. The van der Waals surface area contributed by atoms with Crippen LogP contribution in [0.5, 0.6) is 0 Å². The summed E-state index contributed by atoms with van der Waals surface area (Å²) in [7, 11) is 0. The molecule has 0 saturated heterocycles. The van der Waals surface area contributed by atoms with E-state index in [4.69, 9.17) is 11.6 Å². The molecular weight excluding hydrogens is 748 g/mol. The van der Waals surface area contributed by atoms with Crippen molar-refractivity contribution >= 4 is 50.2 Å². The summed E-state index contributed by atoms with van der Waals surface area (Å²) in [4.78, 5) is 2.64. The molecule has 318 valence electrons. The smallest absolute Gasteiger partial charge is 0.210 e. The maximum Gasteiger partial charge on any atom is 0.210 e. The molecule has 2 heterocycles. The molecule has 2 nitrogen and oxygen atoms in total. The summed E-state index contributed by atoms with van der Waals surface area (Å²) in [6.07, 6.45) is 32.8. The molecule has 0 N–H and O–H groups in total. The molecule has 60 heavy (non-hydrogen) atoms. The van der Waals surface area contributed by atoms with Crippen molar-refractivity contribution in [3.05, 3.63) is 130 Å². The number of hydrogen-bond acceptors (Lipinski definition) is 1. The third-order valence-corrected chi connectivity index (χ3v) is 14.6. The molecule has 2 aliphatic heterocycles. The van der Waals surface area contributed by atoms with E-state index < -0.39 is 0 Å². The predicted octanol–water partition coefficient (Wildman–Crippen LogP) is 17.1. The minimum atomic E-state index is -0.118. The van der Waals surface area contributed by atoms with Gasteiger partial charge in [0.25, 0.3) is 0 Å². The molecule has 3 aliphatic rings. The standard InChI is InChI=1S/C57H74ClN2/c1-7-9-11-13-15-17-19-25-41-59-49-37-33-43-27-21-23-29-47(43)53(49)56(3,4)51(59)39-35-45-31-32-46(55(45)58)36-40-52-57(5,6)54-48-30-24-22-28-44(48)34-38-50(54)60(52)42-26-20-18-16-14-12-10-8-2/h21-24,27-30,33-40H,7-20,25-26,31-32,41-42H2,1-6H3/q+1. The number of allylic oxidation sites excluding steroid dienone is 8. The molecule has 4 aromatic rings. The van der Waals surface area contributed by atoms with E-state index in [1.807, 2.05) is 0 Å². The highest BCUT2D eigenvalue weighted by molar-refractivity contribution is 6.33. The fourth-order valence-corrected chi connectivity index (χ4v) is 11.0. The highest BCUT2D eigenvalue weighted by Crippen LogP contribution is 2.51. The van der Waals surface area contributed by atoms with E-state index >= 15 is 0 Å². The van der Waals surface area contributed by atoms with Crippen LogP contribution in [0.3, 0.4) is 0 Å². The Labute approximate surface area is 369 Å². The third-order valence-electron chi connectivity index (χ3n) is 14.1. The van der Waals surface area contributed by atoms with E-state index in [0.29, 0.717) is 0 Å². The first-order chi connectivity index (χ1) is 29.2. The van der Waals surface area contributed by atoms with Crippen LogP contribution in [0, 0.1) is 0 Å². The third kappa shape index (κ3) is 9.45. The average Bonchev–Trinajstić information content (AvgIpc) is 3.79. The molecule has 3 heteroatoms. The molecule has 0 radical (unpaired) electrons. The Bertz CT molecular complexity index is 2280. The second kappa shape index (κ2) is 20.3. The van der Waals surface area contributed by atoms with Crippen molar-refractivity contribution < 1.29 is 4.58 Å². The van der Waals surface area contributed by atoms with Crippen molar-refractivity contribution in [1.29, 1.82) is 0 Å².